The van der Waals surface area contributed by atoms with Crippen molar-refractivity contribution in [1.29, 1.82) is 0 Å². The first-order valence-electron chi connectivity index (χ1n) is 10.7. The van der Waals surface area contributed by atoms with Crippen molar-refractivity contribution in [3.05, 3.63) is 11.8 Å². The number of hydroxylamine groups is 2. The fourth-order valence-corrected chi connectivity index (χ4v) is 5.10. The minimum atomic E-state index is -0.505. The number of nitrogens with zero attached hydrogens (tertiary/aromatic N) is 4. The van der Waals surface area contributed by atoms with Crippen LogP contribution in [0.3, 0.4) is 0 Å². The number of ether oxygens (including phenoxy) is 1. The van der Waals surface area contributed by atoms with E-state index >= 15 is 0 Å². The van der Waals surface area contributed by atoms with Crippen LogP contribution in [-0.2, 0) is 11.2 Å². The predicted molar refractivity (Wildman–Crippen MR) is 102 cm³/mol. The summed E-state index contributed by atoms with van der Waals surface area (Å²) in [5.41, 5.74) is -0.513. The number of hydrogen-bond donors (Lipinski definition) is 2. The average Bonchev–Trinajstić information content (AvgIpc) is 3.13. The summed E-state index contributed by atoms with van der Waals surface area (Å²) in [5, 5.41) is 22.4. The first-order valence-corrected chi connectivity index (χ1v) is 10.7. The molecule has 2 aliphatic heterocycles. The van der Waals surface area contributed by atoms with Crippen LogP contribution in [0, 0.1) is 11.3 Å². The van der Waals surface area contributed by atoms with Gasteiger partial charge < -0.3 is 19.4 Å². The molecule has 2 saturated carbocycles. The summed E-state index contributed by atoms with van der Waals surface area (Å²) in [4.78, 5) is 25.9. The van der Waals surface area contributed by atoms with E-state index in [0.717, 1.165) is 37.2 Å². The van der Waals surface area contributed by atoms with Crippen LogP contribution in [0.15, 0.2) is 4.42 Å². The van der Waals surface area contributed by atoms with Gasteiger partial charge in [-0.1, -0.05) is 0 Å². The Bertz CT molecular complexity index is 854. The van der Waals surface area contributed by atoms with Gasteiger partial charge in [0, 0.05) is 19.0 Å². The quantitative estimate of drug-likeness (QED) is 0.720. The molecule has 1 spiro atoms. The minimum Gasteiger partial charge on any atom is -0.444 e. The van der Waals surface area contributed by atoms with Gasteiger partial charge in [0.25, 0.3) is 0 Å². The van der Waals surface area contributed by atoms with Crippen LogP contribution in [-0.4, -0.2) is 61.7 Å². The molecule has 4 aliphatic rings. The Morgan fingerprint density at radius 3 is 2.73 bits per heavy atom. The van der Waals surface area contributed by atoms with Crippen molar-refractivity contribution in [2.24, 2.45) is 11.3 Å². The molecule has 2 bridgehead atoms. The Hall–Kier alpha value is -2.36. The van der Waals surface area contributed by atoms with Gasteiger partial charge in [-0.3, -0.25) is 5.21 Å². The van der Waals surface area contributed by atoms with Gasteiger partial charge in [0.15, 0.2) is 0 Å². The number of fused-ring (bicyclic) bond motifs is 3. The third kappa shape index (κ3) is 3.40. The van der Waals surface area contributed by atoms with Crippen molar-refractivity contribution >= 4 is 12.1 Å². The Morgan fingerprint density at radius 2 is 2.07 bits per heavy atom. The lowest BCUT2D eigenvalue weighted by Crippen LogP contribution is -2.46. The molecule has 30 heavy (non-hydrogen) atoms. The maximum absolute atomic E-state index is 12.4. The van der Waals surface area contributed by atoms with E-state index in [2.05, 4.69) is 15.5 Å². The number of aromatic nitrogens is 2. The van der Waals surface area contributed by atoms with Crippen molar-refractivity contribution in [2.45, 2.75) is 83.0 Å². The maximum atomic E-state index is 12.4. The van der Waals surface area contributed by atoms with Gasteiger partial charge in [-0.05, 0) is 64.2 Å². The standard InChI is InChI=1S/C20H29N5O5/c1-19(2,3)30-17(26)21-12-6-11(7-12)8-15-22-23-16(29-15)13-9-20(4-5-20)14-10-24(13)18(27)25(14)28/h11-14,28H,4-10H2,1-3H3,(H,21,26)/t11-,12-,13-,14+/m0/s1. The van der Waals surface area contributed by atoms with Gasteiger partial charge in [0.2, 0.25) is 11.8 Å². The fraction of sp³-hybridized carbons (Fsp3) is 0.800. The van der Waals surface area contributed by atoms with E-state index in [9.17, 15) is 14.8 Å². The second-order valence-electron chi connectivity index (χ2n) is 10.3. The molecular weight excluding hydrogens is 390 g/mol. The molecule has 2 atom stereocenters. The third-order valence-electron chi connectivity index (χ3n) is 6.87. The first kappa shape index (κ1) is 19.6. The molecule has 2 N–H and O–H groups in total. The number of urea groups is 1. The molecule has 2 saturated heterocycles. The first-order chi connectivity index (χ1) is 14.1. The topological polar surface area (TPSA) is 121 Å². The lowest BCUT2D eigenvalue weighted by atomic mass is 9.78. The minimum absolute atomic E-state index is 0.00869. The largest absolute Gasteiger partial charge is 0.444 e. The number of rotatable bonds is 4. The third-order valence-corrected chi connectivity index (χ3v) is 6.87. The van der Waals surface area contributed by atoms with Crippen LogP contribution in [0.1, 0.15) is 70.7 Å². The van der Waals surface area contributed by atoms with Gasteiger partial charge in [0.05, 0.1) is 6.04 Å². The second-order valence-corrected chi connectivity index (χ2v) is 10.3. The lowest BCUT2D eigenvalue weighted by Gasteiger charge is -2.35. The van der Waals surface area contributed by atoms with Crippen LogP contribution < -0.4 is 5.32 Å². The monoisotopic (exact) mass is 419 g/mol. The normalized spacial score (nSPS) is 31.7. The average molecular weight is 419 g/mol. The number of carbonyl (C=O) groups is 2. The van der Waals surface area contributed by atoms with E-state index in [1.165, 1.54) is 0 Å². The molecule has 1 aromatic rings. The molecule has 164 valence electrons. The zero-order valence-electron chi connectivity index (χ0n) is 17.6. The van der Waals surface area contributed by atoms with E-state index < -0.39 is 5.60 Å². The molecule has 3 amide bonds. The molecule has 0 radical (unpaired) electrons. The summed E-state index contributed by atoms with van der Waals surface area (Å²) >= 11 is 0. The molecule has 10 nitrogen and oxygen atoms in total. The van der Waals surface area contributed by atoms with Crippen molar-refractivity contribution in [3.63, 3.8) is 0 Å². The highest BCUT2D eigenvalue weighted by Gasteiger charge is 2.63. The van der Waals surface area contributed by atoms with Gasteiger partial charge in [-0.2, -0.15) is 0 Å². The van der Waals surface area contributed by atoms with Crippen molar-refractivity contribution in [1.82, 2.24) is 25.5 Å². The summed E-state index contributed by atoms with van der Waals surface area (Å²) < 4.78 is 11.2. The van der Waals surface area contributed by atoms with Crippen molar-refractivity contribution < 1.29 is 24.0 Å². The molecule has 1 aromatic heterocycles. The Kier molecular flexibility index (Phi) is 4.29. The summed E-state index contributed by atoms with van der Waals surface area (Å²) in [6.45, 7) is 6.04. The summed E-state index contributed by atoms with van der Waals surface area (Å²) in [6, 6.07) is -0.649. The zero-order valence-corrected chi connectivity index (χ0v) is 17.6. The maximum Gasteiger partial charge on any atom is 0.407 e. The molecule has 0 aromatic carbocycles. The van der Waals surface area contributed by atoms with E-state index in [-0.39, 0.29) is 35.7 Å². The number of hydrogen-bond acceptors (Lipinski definition) is 7. The highest BCUT2D eigenvalue weighted by Crippen LogP contribution is 2.61. The zero-order chi connectivity index (χ0) is 21.3. The van der Waals surface area contributed by atoms with E-state index in [1.54, 1.807) is 4.90 Å². The SMILES string of the molecule is CC(C)(C)OC(=O)N[C@H]1C[C@H](Cc2nnc([C@@H]3CC4(CC4)[C@H]4CN3C(=O)N4O)o2)C1. The van der Waals surface area contributed by atoms with Gasteiger partial charge in [0.1, 0.15) is 11.6 Å². The van der Waals surface area contributed by atoms with Crippen molar-refractivity contribution in [2.75, 3.05) is 6.54 Å². The van der Waals surface area contributed by atoms with E-state index in [1.807, 2.05) is 20.8 Å². The number of piperidine rings is 1. The fourth-order valence-electron chi connectivity index (χ4n) is 5.10. The highest BCUT2D eigenvalue weighted by molar-refractivity contribution is 5.77. The predicted octanol–water partition coefficient (Wildman–Crippen LogP) is 2.64. The van der Waals surface area contributed by atoms with Gasteiger partial charge >= 0.3 is 12.1 Å². The summed E-state index contributed by atoms with van der Waals surface area (Å²) in [5.74, 6) is 1.39. The summed E-state index contributed by atoms with van der Waals surface area (Å²) in [6.07, 6.45) is 4.74. The smallest absolute Gasteiger partial charge is 0.407 e. The molecule has 10 heteroatoms. The number of amides is 3. The van der Waals surface area contributed by atoms with E-state index in [0.29, 0.717) is 30.7 Å². The lowest BCUT2D eigenvalue weighted by molar-refractivity contribution is -0.0783. The molecule has 4 fully saturated rings. The molecule has 2 aliphatic carbocycles. The van der Waals surface area contributed by atoms with Crippen LogP contribution in [0.5, 0.6) is 0 Å². The Balaban J connectivity index is 1.16. The Labute approximate surface area is 174 Å². The number of nitrogens with one attached hydrogen (secondary N) is 1. The van der Waals surface area contributed by atoms with Gasteiger partial charge in [-0.25, -0.2) is 14.7 Å². The molecule has 0 unspecified atom stereocenters. The highest BCUT2D eigenvalue weighted by atomic mass is 16.6. The second kappa shape index (κ2) is 6.57. The van der Waals surface area contributed by atoms with Crippen LogP contribution in [0.4, 0.5) is 9.59 Å². The number of alkyl carbamates (subject to hydrolysis) is 1. The van der Waals surface area contributed by atoms with Crippen LogP contribution >= 0.6 is 0 Å². The summed E-state index contributed by atoms with van der Waals surface area (Å²) in [7, 11) is 0. The molecule has 3 heterocycles. The van der Waals surface area contributed by atoms with Gasteiger partial charge in [-0.15, -0.1) is 10.2 Å². The molecule has 5 rings (SSSR count). The van der Waals surface area contributed by atoms with Crippen molar-refractivity contribution in [3.8, 4) is 0 Å². The Morgan fingerprint density at radius 1 is 1.33 bits per heavy atom. The van der Waals surface area contributed by atoms with E-state index in [4.69, 9.17) is 9.15 Å². The van der Waals surface area contributed by atoms with Crippen LogP contribution in [0.2, 0.25) is 0 Å². The number of carbonyl (C=O) groups excluding carboxylic acids is 2. The van der Waals surface area contributed by atoms with Crippen LogP contribution in [0.25, 0.3) is 0 Å². The molecular formula is C20H29N5O5.